The largest absolute Gasteiger partial charge is 0.465 e. The number of rotatable bonds is 1. The Morgan fingerprint density at radius 3 is 3.07 bits per heavy atom. The summed E-state index contributed by atoms with van der Waals surface area (Å²) >= 11 is 0. The molecule has 0 spiro atoms. The Balaban J connectivity index is 2.37. The highest BCUT2D eigenvalue weighted by atomic mass is 16.2. The van der Waals surface area contributed by atoms with Crippen molar-refractivity contribution >= 4 is 24.0 Å². The van der Waals surface area contributed by atoms with Crippen molar-refractivity contribution in [3.8, 4) is 0 Å². The average Bonchev–Trinajstić information content (AvgIpc) is 2.55. The standard InChI is InChI=1S/C6H6N6O2/c1-11-6(14)12-2-8-3(4(7)13)5(12)9-10-11/h2,5H,1H3,(H-,7,13)/p+1. The maximum absolute atomic E-state index is 11.4. The molecule has 0 saturated carbocycles. The van der Waals surface area contributed by atoms with Gasteiger partial charge >= 0.3 is 6.03 Å². The Kier molecular flexibility index (Phi) is 1.63. The Hall–Kier alpha value is -2.12. The maximum atomic E-state index is 11.4. The van der Waals surface area contributed by atoms with Crippen molar-refractivity contribution in [3.05, 3.63) is 0 Å². The van der Waals surface area contributed by atoms with Crippen LogP contribution in [0.1, 0.15) is 0 Å². The summed E-state index contributed by atoms with van der Waals surface area (Å²) in [6.07, 6.45) is 0.429. The normalized spacial score (nSPS) is 24.5. The zero-order chi connectivity index (χ0) is 10.3. The van der Waals surface area contributed by atoms with Gasteiger partial charge in [0.05, 0.1) is 7.05 Å². The Morgan fingerprint density at radius 1 is 1.71 bits per heavy atom. The molecule has 0 aromatic carbocycles. The number of urea groups is 1. The van der Waals surface area contributed by atoms with Crippen LogP contribution in [0.2, 0.25) is 0 Å². The molecule has 0 aromatic rings. The van der Waals surface area contributed by atoms with Crippen molar-refractivity contribution < 1.29 is 14.2 Å². The lowest BCUT2D eigenvalue weighted by Gasteiger charge is -2.14. The molecule has 3 amide bonds. The van der Waals surface area contributed by atoms with Crippen LogP contribution in [0, 0.1) is 0 Å². The molecular formula is C6H7N6O2+. The van der Waals surface area contributed by atoms with E-state index in [4.69, 9.17) is 5.73 Å². The highest BCUT2D eigenvalue weighted by Gasteiger charge is 2.42. The van der Waals surface area contributed by atoms with Crippen molar-refractivity contribution in [3.63, 3.8) is 0 Å². The van der Waals surface area contributed by atoms with Crippen LogP contribution in [0.3, 0.4) is 0 Å². The predicted molar refractivity (Wildman–Crippen MR) is 44.8 cm³/mol. The predicted octanol–water partition coefficient (Wildman–Crippen LogP) is -1.27. The number of hydrogen-bond acceptors (Lipinski definition) is 5. The van der Waals surface area contributed by atoms with Crippen LogP contribution in [-0.4, -0.2) is 46.8 Å². The van der Waals surface area contributed by atoms with E-state index >= 15 is 0 Å². The first-order chi connectivity index (χ1) is 6.61. The summed E-state index contributed by atoms with van der Waals surface area (Å²) in [6, 6.07) is -0.398. The quantitative estimate of drug-likeness (QED) is 0.527. The molecule has 8 heteroatoms. The van der Waals surface area contributed by atoms with Crippen LogP contribution >= 0.6 is 0 Å². The summed E-state index contributed by atoms with van der Waals surface area (Å²) in [7, 11) is 1.46. The second-order valence-corrected chi connectivity index (χ2v) is 2.79. The van der Waals surface area contributed by atoms with Gasteiger partial charge in [-0.2, -0.15) is 4.58 Å². The van der Waals surface area contributed by atoms with Gasteiger partial charge in [-0.3, -0.25) is 4.79 Å². The van der Waals surface area contributed by atoms with E-state index in [1.54, 1.807) is 0 Å². The summed E-state index contributed by atoms with van der Waals surface area (Å²) < 4.78 is 1.19. The maximum Gasteiger partial charge on any atom is 0.465 e. The van der Waals surface area contributed by atoms with Crippen molar-refractivity contribution in [1.29, 1.82) is 0 Å². The molecule has 8 nitrogen and oxygen atoms in total. The van der Waals surface area contributed by atoms with E-state index in [1.165, 1.54) is 18.0 Å². The van der Waals surface area contributed by atoms with Gasteiger partial charge in [0.1, 0.15) is 0 Å². The Bertz CT molecular complexity index is 409. The van der Waals surface area contributed by atoms with Gasteiger partial charge in [0.2, 0.25) is 12.1 Å². The summed E-state index contributed by atoms with van der Waals surface area (Å²) in [5, 5.41) is 8.31. The molecule has 2 N–H and O–H groups in total. The molecular weight excluding hydrogens is 188 g/mol. The van der Waals surface area contributed by atoms with E-state index in [0.717, 1.165) is 5.01 Å². The van der Waals surface area contributed by atoms with Gasteiger partial charge in [-0.15, -0.1) is 15.1 Å². The Labute approximate surface area is 78.4 Å². The number of hydrogen-bond donors (Lipinski definition) is 1. The molecule has 2 aliphatic rings. The molecule has 0 aromatic heterocycles. The third-order valence-corrected chi connectivity index (χ3v) is 1.87. The van der Waals surface area contributed by atoms with Crippen LogP contribution < -0.4 is 5.73 Å². The fourth-order valence-corrected chi connectivity index (χ4v) is 1.17. The third kappa shape index (κ3) is 1.00. The number of carbonyl (C=O) groups is 2. The zero-order valence-electron chi connectivity index (χ0n) is 7.28. The first-order valence-corrected chi connectivity index (χ1v) is 3.79. The topological polar surface area (TPSA) is 103 Å². The molecule has 1 unspecified atom stereocenters. The second kappa shape index (κ2) is 2.69. The number of aliphatic imine (C=N–C) groups is 1. The minimum Gasteiger partial charge on any atom is -0.363 e. The molecule has 2 aliphatic heterocycles. The Morgan fingerprint density at radius 2 is 2.43 bits per heavy atom. The van der Waals surface area contributed by atoms with E-state index in [0.29, 0.717) is 0 Å². The van der Waals surface area contributed by atoms with Crippen LogP contribution in [0.15, 0.2) is 15.3 Å². The van der Waals surface area contributed by atoms with Gasteiger partial charge in [0.15, 0.2) is 0 Å². The molecule has 0 radical (unpaired) electrons. The SMILES string of the molecule is CN1N=NC2C(C(N)=O)=NC=[N+]2C1=O. The number of carbonyl (C=O) groups excluding carboxylic acids is 2. The van der Waals surface area contributed by atoms with Crippen LogP contribution in [0.4, 0.5) is 4.79 Å². The van der Waals surface area contributed by atoms with Gasteiger partial charge in [0, 0.05) is 0 Å². The fraction of sp³-hybridized carbons (Fsp3) is 0.333. The number of fused-ring (bicyclic) bond motifs is 1. The van der Waals surface area contributed by atoms with E-state index in [9.17, 15) is 9.59 Å². The number of nitrogens with two attached hydrogens (primary N) is 1. The lowest BCUT2D eigenvalue weighted by atomic mass is 10.3. The van der Waals surface area contributed by atoms with Crippen molar-refractivity contribution in [2.45, 2.75) is 6.17 Å². The first-order valence-electron chi connectivity index (χ1n) is 3.79. The first kappa shape index (κ1) is 8.48. The van der Waals surface area contributed by atoms with Gasteiger partial charge in [-0.25, -0.2) is 4.79 Å². The number of amides is 3. The molecule has 2 heterocycles. The van der Waals surface area contributed by atoms with E-state index < -0.39 is 18.1 Å². The van der Waals surface area contributed by atoms with Crippen molar-refractivity contribution in [1.82, 2.24) is 5.01 Å². The van der Waals surface area contributed by atoms with Crippen molar-refractivity contribution in [2.75, 3.05) is 7.05 Å². The summed E-state index contributed by atoms with van der Waals surface area (Å²) in [5.41, 5.74) is 5.07. The minimum absolute atomic E-state index is 0.0233. The molecule has 0 bridgehead atoms. The average molecular weight is 195 g/mol. The lowest BCUT2D eigenvalue weighted by molar-refractivity contribution is -0.458. The van der Waals surface area contributed by atoms with Gasteiger partial charge in [0.25, 0.3) is 12.1 Å². The van der Waals surface area contributed by atoms with E-state index in [1.807, 2.05) is 0 Å². The number of nitrogens with zero attached hydrogens (tertiary/aromatic N) is 5. The van der Waals surface area contributed by atoms with Crippen LogP contribution in [0.5, 0.6) is 0 Å². The number of primary amides is 1. The monoisotopic (exact) mass is 195 g/mol. The van der Waals surface area contributed by atoms with E-state index in [2.05, 4.69) is 15.3 Å². The third-order valence-electron chi connectivity index (χ3n) is 1.87. The second-order valence-electron chi connectivity index (χ2n) is 2.79. The molecule has 2 rings (SSSR count). The van der Waals surface area contributed by atoms with Crippen LogP contribution in [-0.2, 0) is 4.79 Å². The minimum atomic E-state index is -0.795. The van der Waals surface area contributed by atoms with Gasteiger partial charge < -0.3 is 5.73 Å². The molecule has 0 aliphatic carbocycles. The summed E-state index contributed by atoms with van der Waals surface area (Å²) in [5.74, 6) is -0.704. The smallest absolute Gasteiger partial charge is 0.363 e. The molecule has 0 fully saturated rings. The summed E-state index contributed by atoms with van der Waals surface area (Å²) in [4.78, 5) is 26.0. The zero-order valence-corrected chi connectivity index (χ0v) is 7.28. The molecule has 14 heavy (non-hydrogen) atoms. The highest BCUT2D eigenvalue weighted by Crippen LogP contribution is 2.12. The highest BCUT2D eigenvalue weighted by molar-refractivity contribution is 6.41. The fourth-order valence-electron chi connectivity index (χ4n) is 1.17. The van der Waals surface area contributed by atoms with Crippen molar-refractivity contribution in [2.24, 2.45) is 21.1 Å². The van der Waals surface area contributed by atoms with Gasteiger partial charge in [-0.05, 0) is 5.22 Å². The van der Waals surface area contributed by atoms with Gasteiger partial charge in [-0.1, -0.05) is 0 Å². The molecule has 0 saturated heterocycles. The molecule has 72 valence electrons. The van der Waals surface area contributed by atoms with Crippen LogP contribution in [0.25, 0.3) is 0 Å². The van der Waals surface area contributed by atoms with E-state index in [-0.39, 0.29) is 5.71 Å². The molecule has 1 atom stereocenters. The lowest BCUT2D eigenvalue weighted by Crippen LogP contribution is -2.45. The summed E-state index contributed by atoms with van der Waals surface area (Å²) in [6.45, 7) is 0.